The summed E-state index contributed by atoms with van der Waals surface area (Å²) in [7, 11) is 3.72. The van der Waals surface area contributed by atoms with Crippen LogP contribution >= 0.6 is 11.6 Å². The van der Waals surface area contributed by atoms with Crippen molar-refractivity contribution in [2.24, 2.45) is 0 Å². The fourth-order valence-electron chi connectivity index (χ4n) is 4.14. The van der Waals surface area contributed by atoms with Crippen LogP contribution < -0.4 is 16.0 Å². The minimum Gasteiger partial charge on any atom is -0.382 e. The number of carbonyl (C=O) groups is 1. The molecular weight excluding hydrogens is 366 g/mol. The minimum absolute atomic E-state index is 0.0725. The zero-order valence-electron chi connectivity index (χ0n) is 16.4. The van der Waals surface area contributed by atoms with Gasteiger partial charge in [0.1, 0.15) is 0 Å². The summed E-state index contributed by atoms with van der Waals surface area (Å²) in [4.78, 5) is 27.6. The summed E-state index contributed by atoms with van der Waals surface area (Å²) in [6, 6.07) is 1.10. The third kappa shape index (κ3) is 4.28. The highest BCUT2D eigenvalue weighted by atomic mass is 35.5. The molecule has 9 heteroatoms. The lowest BCUT2D eigenvalue weighted by Gasteiger charge is -2.47. The van der Waals surface area contributed by atoms with Crippen molar-refractivity contribution in [2.75, 3.05) is 57.5 Å². The van der Waals surface area contributed by atoms with Gasteiger partial charge in [-0.1, -0.05) is 18.5 Å². The Morgan fingerprint density at radius 1 is 1.26 bits per heavy atom. The van der Waals surface area contributed by atoms with Gasteiger partial charge in [-0.3, -0.25) is 9.69 Å². The highest BCUT2D eigenvalue weighted by molar-refractivity contribution is 6.32. The molecule has 27 heavy (non-hydrogen) atoms. The highest BCUT2D eigenvalue weighted by Gasteiger charge is 2.34. The van der Waals surface area contributed by atoms with E-state index in [2.05, 4.69) is 44.0 Å². The molecule has 0 radical (unpaired) electrons. The van der Waals surface area contributed by atoms with Crippen LogP contribution in [-0.4, -0.2) is 84.6 Å². The van der Waals surface area contributed by atoms with Crippen LogP contribution in [-0.2, 0) is 0 Å². The number of nitrogen functional groups attached to an aromatic ring is 1. The fraction of sp³-hybridized carbons (Fsp3) is 0.722. The average molecular weight is 396 g/mol. The molecule has 0 aliphatic carbocycles. The smallest absolute Gasteiger partial charge is 0.273 e. The van der Waals surface area contributed by atoms with Gasteiger partial charge in [0.2, 0.25) is 0 Å². The summed E-state index contributed by atoms with van der Waals surface area (Å²) < 4.78 is 0. The van der Waals surface area contributed by atoms with Gasteiger partial charge in [-0.15, -0.1) is 0 Å². The second-order valence-electron chi connectivity index (χ2n) is 7.43. The monoisotopic (exact) mass is 395 g/mol. The number of amides is 1. The van der Waals surface area contributed by atoms with Crippen molar-refractivity contribution in [2.45, 2.75) is 38.3 Å². The quantitative estimate of drug-likeness (QED) is 0.787. The van der Waals surface area contributed by atoms with Crippen LogP contribution in [0.2, 0.25) is 5.15 Å². The van der Waals surface area contributed by atoms with Crippen molar-refractivity contribution in [1.82, 2.24) is 25.1 Å². The van der Waals surface area contributed by atoms with E-state index in [9.17, 15) is 4.79 Å². The predicted octanol–water partition coefficient (Wildman–Crippen LogP) is 1.07. The molecule has 0 spiro atoms. The Hall–Kier alpha value is -1.64. The summed E-state index contributed by atoms with van der Waals surface area (Å²) in [6.07, 6.45) is 3.52. The molecule has 3 N–H and O–H groups in total. The van der Waals surface area contributed by atoms with Crippen molar-refractivity contribution in [3.05, 3.63) is 10.8 Å². The molecule has 2 aliphatic heterocycles. The number of rotatable bonds is 4. The van der Waals surface area contributed by atoms with Gasteiger partial charge < -0.3 is 20.9 Å². The van der Waals surface area contributed by atoms with Crippen LogP contribution in [0.25, 0.3) is 0 Å². The number of likely N-dealkylation sites (tertiary alicyclic amines) is 1. The van der Waals surface area contributed by atoms with Gasteiger partial charge in [-0.25, -0.2) is 9.97 Å². The number of aromatic nitrogens is 2. The van der Waals surface area contributed by atoms with Crippen LogP contribution in [0.4, 0.5) is 11.6 Å². The Morgan fingerprint density at radius 2 is 1.96 bits per heavy atom. The molecule has 8 nitrogen and oxygen atoms in total. The molecule has 1 aromatic rings. The summed E-state index contributed by atoms with van der Waals surface area (Å²) >= 11 is 6.36. The molecule has 1 unspecified atom stereocenters. The zero-order chi connectivity index (χ0) is 19.6. The lowest BCUT2D eigenvalue weighted by molar-refractivity contribution is 0.0701. The molecule has 2 fully saturated rings. The summed E-state index contributed by atoms with van der Waals surface area (Å²) in [5.41, 5.74) is 6.04. The van der Waals surface area contributed by atoms with E-state index in [1.165, 1.54) is 19.9 Å². The number of piperidine rings is 1. The number of nitrogens with zero attached hydrogens (tertiary/aromatic N) is 5. The number of anilines is 2. The first kappa shape index (κ1) is 20.1. The molecule has 1 atom stereocenters. The van der Waals surface area contributed by atoms with Gasteiger partial charge in [-0.2, -0.15) is 0 Å². The average Bonchev–Trinajstić information content (AvgIpc) is 2.69. The van der Waals surface area contributed by atoms with Gasteiger partial charge in [0.25, 0.3) is 5.91 Å². The van der Waals surface area contributed by atoms with Crippen molar-refractivity contribution in [1.29, 1.82) is 0 Å². The van der Waals surface area contributed by atoms with Crippen molar-refractivity contribution in [3.8, 4) is 0 Å². The maximum atomic E-state index is 11.8. The van der Waals surface area contributed by atoms with Crippen LogP contribution in [0.3, 0.4) is 0 Å². The van der Waals surface area contributed by atoms with Crippen molar-refractivity contribution in [3.63, 3.8) is 0 Å². The number of hydrogen-bond acceptors (Lipinski definition) is 7. The lowest BCUT2D eigenvalue weighted by atomic mass is 9.98. The van der Waals surface area contributed by atoms with Crippen molar-refractivity contribution >= 4 is 29.1 Å². The Balaban J connectivity index is 1.74. The van der Waals surface area contributed by atoms with E-state index in [1.54, 1.807) is 0 Å². The maximum Gasteiger partial charge on any atom is 0.273 e. The van der Waals surface area contributed by atoms with Gasteiger partial charge in [0, 0.05) is 38.8 Å². The van der Waals surface area contributed by atoms with E-state index in [-0.39, 0.29) is 22.6 Å². The molecule has 1 amide bonds. The van der Waals surface area contributed by atoms with E-state index in [0.29, 0.717) is 17.9 Å². The van der Waals surface area contributed by atoms with Crippen molar-refractivity contribution < 1.29 is 4.79 Å². The van der Waals surface area contributed by atoms with E-state index < -0.39 is 0 Å². The number of nitrogens with one attached hydrogen (secondary N) is 1. The van der Waals surface area contributed by atoms with Crippen LogP contribution in [0.5, 0.6) is 0 Å². The van der Waals surface area contributed by atoms with Gasteiger partial charge in [-0.05, 0) is 39.4 Å². The molecule has 2 saturated heterocycles. The molecule has 0 bridgehead atoms. The number of piperazine rings is 1. The molecule has 1 aromatic heterocycles. The minimum atomic E-state index is -0.382. The fourth-order valence-corrected chi connectivity index (χ4v) is 4.38. The third-order valence-electron chi connectivity index (χ3n) is 5.76. The number of halogens is 1. The second-order valence-corrected chi connectivity index (χ2v) is 7.79. The Bertz CT molecular complexity index is 678. The molecule has 3 heterocycles. The summed E-state index contributed by atoms with van der Waals surface area (Å²) in [5, 5.41) is 2.73. The lowest BCUT2D eigenvalue weighted by Crippen LogP contribution is -2.58. The number of nitrogens with two attached hydrogens (primary N) is 1. The first-order chi connectivity index (χ1) is 12.9. The Morgan fingerprint density at radius 3 is 2.59 bits per heavy atom. The van der Waals surface area contributed by atoms with Gasteiger partial charge in [0.05, 0.1) is 0 Å². The van der Waals surface area contributed by atoms with E-state index >= 15 is 0 Å². The number of hydrogen-bond donors (Lipinski definition) is 2. The topological polar surface area (TPSA) is 90.6 Å². The standard InChI is InChI=1S/C18H30ClN7O/c1-4-12-11-25(9-10-26(12)13-5-7-24(3)8-6-13)17-15(19)22-14(16(20)23-17)18(27)21-2/h12-13H,4-11H2,1-3H3,(H2,20,23)(H,21,27). The summed E-state index contributed by atoms with van der Waals surface area (Å²) in [5.74, 6) is 0.301. The normalized spacial score (nSPS) is 22.8. The molecule has 2 aliphatic rings. The summed E-state index contributed by atoms with van der Waals surface area (Å²) in [6.45, 7) is 7.20. The molecular formula is C18H30ClN7O. The Kier molecular flexibility index (Phi) is 6.39. The number of carbonyl (C=O) groups excluding carboxylic acids is 1. The van der Waals surface area contributed by atoms with Crippen LogP contribution in [0.1, 0.15) is 36.7 Å². The van der Waals surface area contributed by atoms with Crippen LogP contribution in [0, 0.1) is 0 Å². The van der Waals surface area contributed by atoms with E-state index in [4.69, 9.17) is 17.3 Å². The van der Waals surface area contributed by atoms with E-state index in [0.717, 1.165) is 39.1 Å². The van der Waals surface area contributed by atoms with E-state index in [1.807, 2.05) is 0 Å². The maximum absolute atomic E-state index is 11.8. The Labute approximate surface area is 166 Å². The van der Waals surface area contributed by atoms with Gasteiger partial charge in [0.15, 0.2) is 22.5 Å². The van der Waals surface area contributed by atoms with Gasteiger partial charge >= 0.3 is 0 Å². The molecule has 150 valence electrons. The first-order valence-electron chi connectivity index (χ1n) is 9.68. The first-order valence-corrected chi connectivity index (χ1v) is 10.1. The predicted molar refractivity (Wildman–Crippen MR) is 108 cm³/mol. The van der Waals surface area contributed by atoms with Crippen LogP contribution in [0.15, 0.2) is 0 Å². The second kappa shape index (κ2) is 8.58. The zero-order valence-corrected chi connectivity index (χ0v) is 17.2. The molecule has 3 rings (SSSR count). The molecule has 0 aromatic carbocycles. The largest absolute Gasteiger partial charge is 0.382 e. The molecule has 0 saturated carbocycles. The SMILES string of the molecule is CCC1CN(c2nc(N)c(C(=O)NC)nc2Cl)CCN1C1CCN(C)CC1. The highest BCUT2D eigenvalue weighted by Crippen LogP contribution is 2.29. The third-order valence-corrected chi connectivity index (χ3v) is 6.02.